The van der Waals surface area contributed by atoms with Crippen molar-refractivity contribution >= 4 is 40.0 Å². The molecule has 168 valence electrons. The number of nitro groups is 1. The van der Waals surface area contributed by atoms with Crippen LogP contribution in [-0.4, -0.2) is 15.8 Å². The number of aromatic nitrogens is 1. The lowest BCUT2D eigenvalue weighted by Gasteiger charge is -2.10. The van der Waals surface area contributed by atoms with Gasteiger partial charge in [-0.05, 0) is 61.2 Å². The van der Waals surface area contributed by atoms with Crippen LogP contribution < -0.4 is 5.32 Å². The summed E-state index contributed by atoms with van der Waals surface area (Å²) >= 11 is 6.31. The van der Waals surface area contributed by atoms with Crippen molar-refractivity contribution in [3.8, 4) is 11.5 Å². The summed E-state index contributed by atoms with van der Waals surface area (Å²) in [5, 5.41) is 14.3. The van der Waals surface area contributed by atoms with Crippen LogP contribution in [0.15, 0.2) is 59.0 Å². The minimum Gasteiger partial charge on any atom is -0.436 e. The fourth-order valence-corrected chi connectivity index (χ4v) is 3.79. The number of nitrogens with one attached hydrogen (secondary N) is 1. The average Bonchev–Trinajstić information content (AvgIpc) is 3.23. The molecule has 4 rings (SSSR count). The van der Waals surface area contributed by atoms with E-state index in [1.165, 1.54) is 30.7 Å². The van der Waals surface area contributed by atoms with Gasteiger partial charge in [-0.1, -0.05) is 37.6 Å². The average molecular weight is 464 g/mol. The molecular formula is C25H22ClN3O4. The number of carbonyl (C=O) groups excluding carboxylic acids is 1. The summed E-state index contributed by atoms with van der Waals surface area (Å²) in [6.07, 6.45) is 1.03. The molecule has 0 saturated heterocycles. The van der Waals surface area contributed by atoms with Crippen LogP contribution in [0, 0.1) is 17.0 Å². The second-order valence-corrected chi connectivity index (χ2v) is 8.32. The van der Waals surface area contributed by atoms with Gasteiger partial charge in [0.05, 0.1) is 15.6 Å². The Morgan fingerprint density at radius 2 is 2.00 bits per heavy atom. The van der Waals surface area contributed by atoms with Crippen molar-refractivity contribution in [2.24, 2.45) is 0 Å². The maximum absolute atomic E-state index is 12.8. The number of fused-ring (bicyclic) bond motifs is 1. The molecule has 0 aliphatic rings. The summed E-state index contributed by atoms with van der Waals surface area (Å²) in [4.78, 5) is 28.1. The molecule has 0 aliphatic heterocycles. The van der Waals surface area contributed by atoms with Crippen LogP contribution in [0.4, 0.5) is 11.4 Å². The van der Waals surface area contributed by atoms with E-state index in [1.807, 2.05) is 18.2 Å². The highest BCUT2D eigenvalue weighted by Crippen LogP contribution is 2.32. The highest BCUT2D eigenvalue weighted by Gasteiger charge is 2.19. The molecule has 0 aliphatic carbocycles. The number of amides is 1. The van der Waals surface area contributed by atoms with Gasteiger partial charge in [0.2, 0.25) is 5.89 Å². The van der Waals surface area contributed by atoms with Gasteiger partial charge in [-0.3, -0.25) is 14.9 Å². The first kappa shape index (κ1) is 22.5. The number of hydrogen-bond donors (Lipinski definition) is 1. The van der Waals surface area contributed by atoms with Crippen LogP contribution in [0.5, 0.6) is 0 Å². The van der Waals surface area contributed by atoms with Crippen molar-refractivity contribution in [3.63, 3.8) is 0 Å². The van der Waals surface area contributed by atoms with Crippen LogP contribution in [0.1, 0.15) is 47.7 Å². The van der Waals surface area contributed by atoms with Gasteiger partial charge in [-0.15, -0.1) is 0 Å². The molecule has 4 aromatic rings. The highest BCUT2D eigenvalue weighted by atomic mass is 35.5. The molecule has 8 heteroatoms. The summed E-state index contributed by atoms with van der Waals surface area (Å²) < 4.78 is 5.93. The Kier molecular flexibility index (Phi) is 6.16. The molecule has 1 amide bonds. The van der Waals surface area contributed by atoms with Crippen molar-refractivity contribution in [1.29, 1.82) is 0 Å². The first-order chi connectivity index (χ1) is 15.8. The lowest BCUT2D eigenvalue weighted by Crippen LogP contribution is -2.14. The van der Waals surface area contributed by atoms with Crippen molar-refractivity contribution in [2.75, 3.05) is 5.32 Å². The predicted octanol–water partition coefficient (Wildman–Crippen LogP) is 7.13. The minimum atomic E-state index is -0.514. The molecule has 3 aromatic carbocycles. The Labute approximate surface area is 195 Å². The molecule has 0 spiro atoms. The molecule has 1 atom stereocenters. The van der Waals surface area contributed by atoms with Gasteiger partial charge in [-0.25, -0.2) is 4.98 Å². The smallest absolute Gasteiger partial charge is 0.273 e. The quantitative estimate of drug-likeness (QED) is 0.242. The van der Waals surface area contributed by atoms with Crippen molar-refractivity contribution in [3.05, 3.63) is 86.4 Å². The molecule has 1 heterocycles. The SMILES string of the molecule is CCC(C)c1ccc2oc(-c3ccc(Cl)c(NC(=O)c4cccc([N+](=O)[O-])c4C)c3)nc2c1. The van der Waals surface area contributed by atoms with E-state index in [0.717, 1.165) is 11.9 Å². The Hall–Kier alpha value is -3.71. The minimum absolute atomic E-state index is 0.120. The Bertz CT molecular complexity index is 1380. The van der Waals surface area contributed by atoms with Crippen molar-refractivity contribution in [1.82, 2.24) is 4.98 Å². The number of nitro benzene ring substituents is 1. The Morgan fingerprint density at radius 1 is 1.21 bits per heavy atom. The Morgan fingerprint density at radius 3 is 2.73 bits per heavy atom. The first-order valence-corrected chi connectivity index (χ1v) is 10.9. The summed E-state index contributed by atoms with van der Waals surface area (Å²) in [5.74, 6) is 0.333. The zero-order valence-electron chi connectivity index (χ0n) is 18.4. The fraction of sp³-hybridized carbons (Fsp3) is 0.200. The molecular weight excluding hydrogens is 442 g/mol. The van der Waals surface area contributed by atoms with Gasteiger partial charge in [0.25, 0.3) is 11.6 Å². The monoisotopic (exact) mass is 463 g/mol. The molecule has 1 N–H and O–H groups in total. The van der Waals surface area contributed by atoms with E-state index in [1.54, 1.807) is 18.2 Å². The van der Waals surface area contributed by atoms with Gasteiger partial charge in [-0.2, -0.15) is 0 Å². The molecule has 0 radical (unpaired) electrons. The van der Waals surface area contributed by atoms with Crippen LogP contribution in [0.25, 0.3) is 22.6 Å². The zero-order valence-corrected chi connectivity index (χ0v) is 19.1. The first-order valence-electron chi connectivity index (χ1n) is 10.5. The van der Waals surface area contributed by atoms with Gasteiger partial charge in [0.1, 0.15) is 5.52 Å². The lowest BCUT2D eigenvalue weighted by molar-refractivity contribution is -0.385. The van der Waals surface area contributed by atoms with Gasteiger partial charge < -0.3 is 9.73 Å². The van der Waals surface area contributed by atoms with E-state index in [2.05, 4.69) is 24.1 Å². The predicted molar refractivity (Wildman–Crippen MR) is 129 cm³/mol. The molecule has 0 saturated carbocycles. The normalized spacial score (nSPS) is 12.0. The van der Waals surface area contributed by atoms with Gasteiger partial charge >= 0.3 is 0 Å². The van der Waals surface area contributed by atoms with Crippen LogP contribution >= 0.6 is 11.6 Å². The molecule has 33 heavy (non-hydrogen) atoms. The van der Waals surface area contributed by atoms with Crippen LogP contribution in [0.3, 0.4) is 0 Å². The molecule has 1 unspecified atom stereocenters. The fourth-order valence-electron chi connectivity index (χ4n) is 3.62. The van der Waals surface area contributed by atoms with Gasteiger partial charge in [0, 0.05) is 22.8 Å². The lowest BCUT2D eigenvalue weighted by atomic mass is 9.98. The second-order valence-electron chi connectivity index (χ2n) is 7.91. The number of carbonyl (C=O) groups is 1. The number of hydrogen-bond acceptors (Lipinski definition) is 5. The molecule has 0 bridgehead atoms. The maximum atomic E-state index is 12.8. The van der Waals surface area contributed by atoms with E-state index < -0.39 is 10.8 Å². The molecule has 1 aromatic heterocycles. The number of nitrogens with zero attached hydrogens (tertiary/aromatic N) is 2. The van der Waals surface area contributed by atoms with Gasteiger partial charge in [0.15, 0.2) is 5.58 Å². The van der Waals surface area contributed by atoms with Crippen molar-refractivity contribution < 1.29 is 14.1 Å². The topological polar surface area (TPSA) is 98.3 Å². The third-order valence-corrected chi connectivity index (χ3v) is 6.13. The van der Waals surface area contributed by atoms with E-state index in [4.69, 9.17) is 16.0 Å². The standard InChI is InChI=1S/C25H22ClN3O4/c1-4-14(2)16-9-11-23-21(12-16)28-25(33-23)17-8-10-19(26)20(13-17)27-24(30)18-6-5-7-22(15(18)3)29(31)32/h5-14H,4H2,1-3H3,(H,27,30). The van der Waals surface area contributed by atoms with Crippen LogP contribution in [0.2, 0.25) is 5.02 Å². The van der Waals surface area contributed by atoms with E-state index in [-0.39, 0.29) is 16.8 Å². The number of oxazole rings is 1. The number of rotatable bonds is 6. The van der Waals surface area contributed by atoms with Crippen LogP contribution in [-0.2, 0) is 0 Å². The molecule has 0 fully saturated rings. The summed E-state index contributed by atoms with van der Waals surface area (Å²) in [6.45, 7) is 5.85. The summed E-state index contributed by atoms with van der Waals surface area (Å²) in [7, 11) is 0. The van der Waals surface area contributed by atoms with E-state index in [9.17, 15) is 14.9 Å². The third kappa shape index (κ3) is 4.45. The largest absolute Gasteiger partial charge is 0.436 e. The number of halogens is 1. The van der Waals surface area contributed by atoms with E-state index >= 15 is 0 Å². The Balaban J connectivity index is 1.65. The highest BCUT2D eigenvalue weighted by molar-refractivity contribution is 6.34. The van der Waals surface area contributed by atoms with E-state index in [0.29, 0.717) is 33.7 Å². The second kappa shape index (κ2) is 9.03. The number of benzene rings is 3. The summed E-state index contributed by atoms with van der Waals surface area (Å²) in [5.41, 5.74) is 3.99. The summed E-state index contributed by atoms with van der Waals surface area (Å²) in [6, 6.07) is 15.4. The van der Waals surface area contributed by atoms with Crippen molar-refractivity contribution in [2.45, 2.75) is 33.1 Å². The molecule has 7 nitrogen and oxygen atoms in total. The maximum Gasteiger partial charge on any atom is 0.273 e. The number of anilines is 1. The zero-order chi connectivity index (χ0) is 23.7. The third-order valence-electron chi connectivity index (χ3n) is 5.80.